The Morgan fingerprint density at radius 3 is 2.58 bits per heavy atom. The van der Waals surface area contributed by atoms with Crippen LogP contribution in [-0.4, -0.2) is 61.2 Å². The number of ether oxygens (including phenoxy) is 1. The maximum absolute atomic E-state index is 13.2. The van der Waals surface area contributed by atoms with Gasteiger partial charge in [-0.25, -0.2) is 4.39 Å². The molecule has 0 atom stereocenters. The molecule has 2 heterocycles. The summed E-state index contributed by atoms with van der Waals surface area (Å²) in [6.45, 7) is 9.38. The predicted octanol–water partition coefficient (Wildman–Crippen LogP) is 2.34. The van der Waals surface area contributed by atoms with E-state index in [2.05, 4.69) is 10.2 Å². The highest BCUT2D eigenvalue weighted by atomic mass is 19.1. The molecule has 0 unspecified atom stereocenters. The highest BCUT2D eigenvalue weighted by molar-refractivity contribution is 5.99. The van der Waals surface area contributed by atoms with Crippen LogP contribution in [0.4, 0.5) is 4.39 Å². The van der Waals surface area contributed by atoms with Gasteiger partial charge in [0.25, 0.3) is 0 Å². The lowest BCUT2D eigenvalue weighted by Gasteiger charge is -2.26. The summed E-state index contributed by atoms with van der Waals surface area (Å²) in [7, 11) is 0. The minimum atomic E-state index is -0.267. The molecular formula is C20H26FN3O2. The van der Waals surface area contributed by atoms with Crippen molar-refractivity contribution in [2.24, 2.45) is 0 Å². The molecule has 0 radical (unpaired) electrons. The van der Waals surface area contributed by atoms with Crippen molar-refractivity contribution in [2.75, 3.05) is 45.9 Å². The summed E-state index contributed by atoms with van der Waals surface area (Å²) < 4.78 is 20.5. The molecule has 0 saturated carbocycles. The lowest BCUT2D eigenvalue weighted by atomic mass is 10.1. The maximum atomic E-state index is 13.2. The normalized spacial score (nSPS) is 15.3. The number of carbonyl (C=O) groups excluding carboxylic acids is 1. The van der Waals surface area contributed by atoms with Gasteiger partial charge in [0.2, 0.25) is 0 Å². The average molecular weight is 359 g/mol. The molecule has 26 heavy (non-hydrogen) atoms. The van der Waals surface area contributed by atoms with Gasteiger partial charge in [-0.3, -0.25) is 9.69 Å². The van der Waals surface area contributed by atoms with Gasteiger partial charge < -0.3 is 14.6 Å². The molecule has 140 valence electrons. The number of nitrogens with zero attached hydrogens (tertiary/aromatic N) is 2. The fourth-order valence-electron chi connectivity index (χ4n) is 3.39. The van der Waals surface area contributed by atoms with Crippen molar-refractivity contribution in [3.8, 4) is 5.69 Å². The Balaban J connectivity index is 1.59. The number of hydrogen-bond donors (Lipinski definition) is 1. The van der Waals surface area contributed by atoms with Crippen molar-refractivity contribution in [1.29, 1.82) is 0 Å². The van der Waals surface area contributed by atoms with Crippen molar-refractivity contribution in [3.63, 3.8) is 0 Å². The van der Waals surface area contributed by atoms with E-state index in [1.807, 2.05) is 24.5 Å². The van der Waals surface area contributed by atoms with E-state index in [0.29, 0.717) is 12.1 Å². The number of rotatable bonds is 7. The molecule has 0 spiro atoms. The molecule has 0 amide bonds. The Hall–Kier alpha value is -2.02. The maximum Gasteiger partial charge on any atom is 0.178 e. The molecular weight excluding hydrogens is 333 g/mol. The van der Waals surface area contributed by atoms with Crippen LogP contribution in [0.2, 0.25) is 0 Å². The number of halogens is 1. The van der Waals surface area contributed by atoms with Crippen LogP contribution in [0.1, 0.15) is 21.7 Å². The van der Waals surface area contributed by atoms with Gasteiger partial charge >= 0.3 is 0 Å². The van der Waals surface area contributed by atoms with Gasteiger partial charge in [-0.05, 0) is 44.2 Å². The SMILES string of the molecule is Cc1cc(C(=O)CNCCN2CCOCC2)c(C)n1-c1ccc(F)cc1. The number of aryl methyl sites for hydroxylation is 1. The van der Waals surface area contributed by atoms with E-state index in [4.69, 9.17) is 4.74 Å². The number of morpholine rings is 1. The second kappa shape index (κ2) is 8.58. The number of benzene rings is 1. The van der Waals surface area contributed by atoms with E-state index in [9.17, 15) is 9.18 Å². The Labute approximate surface area is 153 Å². The first-order valence-corrected chi connectivity index (χ1v) is 9.05. The number of ketones is 1. The first kappa shape index (κ1) is 18.8. The molecule has 2 aromatic rings. The summed E-state index contributed by atoms with van der Waals surface area (Å²) in [5, 5.41) is 3.24. The number of carbonyl (C=O) groups is 1. The minimum absolute atomic E-state index is 0.0773. The van der Waals surface area contributed by atoms with Crippen LogP contribution in [0.5, 0.6) is 0 Å². The van der Waals surface area contributed by atoms with Crippen molar-refractivity contribution < 1.29 is 13.9 Å². The van der Waals surface area contributed by atoms with Crippen LogP contribution in [-0.2, 0) is 4.74 Å². The molecule has 3 rings (SSSR count). The van der Waals surface area contributed by atoms with Gasteiger partial charge in [-0.1, -0.05) is 0 Å². The lowest BCUT2D eigenvalue weighted by molar-refractivity contribution is 0.0384. The molecule has 1 aromatic heterocycles. The van der Waals surface area contributed by atoms with Crippen molar-refractivity contribution in [1.82, 2.24) is 14.8 Å². The molecule has 1 aliphatic heterocycles. The fourth-order valence-corrected chi connectivity index (χ4v) is 3.39. The van der Waals surface area contributed by atoms with Crippen LogP contribution in [0.25, 0.3) is 5.69 Å². The lowest BCUT2D eigenvalue weighted by Crippen LogP contribution is -2.41. The monoisotopic (exact) mass is 359 g/mol. The zero-order valence-electron chi connectivity index (χ0n) is 15.4. The number of Topliss-reactive ketones (excluding diaryl/α,β-unsaturated/α-hetero) is 1. The third-order valence-corrected chi connectivity index (χ3v) is 4.81. The second-order valence-corrected chi connectivity index (χ2v) is 6.65. The highest BCUT2D eigenvalue weighted by Gasteiger charge is 2.17. The van der Waals surface area contributed by atoms with E-state index < -0.39 is 0 Å². The smallest absolute Gasteiger partial charge is 0.178 e. The quantitative estimate of drug-likeness (QED) is 0.609. The van der Waals surface area contributed by atoms with E-state index in [1.165, 1.54) is 12.1 Å². The van der Waals surface area contributed by atoms with Crippen LogP contribution in [0, 0.1) is 19.7 Å². The third-order valence-electron chi connectivity index (χ3n) is 4.81. The van der Waals surface area contributed by atoms with Crippen LogP contribution >= 0.6 is 0 Å². The third kappa shape index (κ3) is 4.38. The van der Waals surface area contributed by atoms with Crippen LogP contribution in [0.15, 0.2) is 30.3 Å². The largest absolute Gasteiger partial charge is 0.379 e. The molecule has 1 aliphatic rings. The Kier molecular flexibility index (Phi) is 6.19. The molecule has 1 fully saturated rings. The topological polar surface area (TPSA) is 46.5 Å². The van der Waals surface area contributed by atoms with Gasteiger partial charge in [0.05, 0.1) is 19.8 Å². The van der Waals surface area contributed by atoms with Gasteiger partial charge in [0.15, 0.2) is 5.78 Å². The zero-order chi connectivity index (χ0) is 18.5. The van der Waals surface area contributed by atoms with Gasteiger partial charge in [-0.15, -0.1) is 0 Å². The van der Waals surface area contributed by atoms with E-state index in [-0.39, 0.29) is 11.6 Å². The zero-order valence-corrected chi connectivity index (χ0v) is 15.4. The summed E-state index contributed by atoms with van der Waals surface area (Å²) in [6, 6.07) is 8.23. The molecule has 1 aromatic carbocycles. The van der Waals surface area contributed by atoms with Gasteiger partial charge in [0.1, 0.15) is 5.82 Å². The highest BCUT2D eigenvalue weighted by Crippen LogP contribution is 2.21. The minimum Gasteiger partial charge on any atom is -0.379 e. The van der Waals surface area contributed by atoms with Gasteiger partial charge in [-0.2, -0.15) is 0 Å². The number of hydrogen-bond acceptors (Lipinski definition) is 4. The molecule has 6 heteroatoms. The molecule has 1 N–H and O–H groups in total. The standard InChI is InChI=1S/C20H26FN3O2/c1-15-13-19(16(2)24(15)18-5-3-17(21)4-6-18)20(25)14-22-7-8-23-9-11-26-12-10-23/h3-6,13,22H,7-12,14H2,1-2H3. The summed E-state index contributed by atoms with van der Waals surface area (Å²) in [4.78, 5) is 14.9. The summed E-state index contributed by atoms with van der Waals surface area (Å²) in [6.07, 6.45) is 0. The molecule has 5 nitrogen and oxygen atoms in total. The van der Waals surface area contributed by atoms with E-state index in [0.717, 1.165) is 56.5 Å². The Bertz CT molecular complexity index is 749. The fraction of sp³-hybridized carbons (Fsp3) is 0.450. The van der Waals surface area contributed by atoms with Crippen LogP contribution < -0.4 is 5.32 Å². The summed E-state index contributed by atoms with van der Waals surface area (Å²) in [5.41, 5.74) is 3.42. The second-order valence-electron chi connectivity index (χ2n) is 6.65. The van der Waals surface area contributed by atoms with Crippen LogP contribution in [0.3, 0.4) is 0 Å². The van der Waals surface area contributed by atoms with E-state index in [1.54, 1.807) is 12.1 Å². The van der Waals surface area contributed by atoms with Gasteiger partial charge in [0, 0.05) is 48.8 Å². The Morgan fingerprint density at radius 1 is 1.19 bits per heavy atom. The Morgan fingerprint density at radius 2 is 1.88 bits per heavy atom. The summed E-state index contributed by atoms with van der Waals surface area (Å²) >= 11 is 0. The number of nitrogens with one attached hydrogen (secondary N) is 1. The van der Waals surface area contributed by atoms with E-state index >= 15 is 0 Å². The number of aromatic nitrogens is 1. The molecule has 0 bridgehead atoms. The summed E-state index contributed by atoms with van der Waals surface area (Å²) in [5.74, 6) is -0.189. The average Bonchev–Trinajstić information content (AvgIpc) is 2.95. The van der Waals surface area contributed by atoms with Crippen molar-refractivity contribution in [2.45, 2.75) is 13.8 Å². The first-order valence-electron chi connectivity index (χ1n) is 9.05. The molecule has 0 aliphatic carbocycles. The predicted molar refractivity (Wildman–Crippen MR) is 99.7 cm³/mol. The van der Waals surface area contributed by atoms with Crippen molar-refractivity contribution in [3.05, 3.63) is 53.1 Å². The first-order chi connectivity index (χ1) is 12.6. The molecule has 1 saturated heterocycles. The van der Waals surface area contributed by atoms with Crippen molar-refractivity contribution >= 4 is 5.78 Å².